The molecular weight excluding hydrogens is 753 g/mol. The van der Waals surface area contributed by atoms with Crippen molar-refractivity contribution < 1.29 is 0 Å². The molecule has 296 valence electrons. The molecule has 0 bridgehead atoms. The van der Waals surface area contributed by atoms with E-state index in [0.29, 0.717) is 5.92 Å². The van der Waals surface area contributed by atoms with Crippen molar-refractivity contribution in [2.45, 2.75) is 24.4 Å². The molecule has 0 spiro atoms. The molecule has 1 aromatic heterocycles. The molecule has 5 aliphatic rings. The molecule has 0 radical (unpaired) electrons. The number of rotatable bonds is 7. The summed E-state index contributed by atoms with van der Waals surface area (Å²) in [4.78, 5) is 15.1. The molecule has 5 unspecified atom stereocenters. The average Bonchev–Trinajstić information content (AvgIpc) is 3.87. The van der Waals surface area contributed by atoms with E-state index in [1.165, 1.54) is 67.2 Å². The lowest BCUT2D eigenvalue weighted by atomic mass is 9.79. The van der Waals surface area contributed by atoms with Gasteiger partial charge in [0.25, 0.3) is 0 Å². The third kappa shape index (κ3) is 6.21. The van der Waals surface area contributed by atoms with Gasteiger partial charge in [-0.1, -0.05) is 194 Å². The fraction of sp³-hybridized carbons (Fsp3) is 0.103. The number of para-hydroxylation sites is 1. The fourth-order valence-electron chi connectivity index (χ4n) is 10.4. The van der Waals surface area contributed by atoms with E-state index in [0.717, 1.165) is 23.5 Å². The quantitative estimate of drug-likeness (QED) is 0.161. The number of allylic oxidation sites excluding steroid dienone is 7. The van der Waals surface area contributed by atoms with Crippen molar-refractivity contribution in [3.05, 3.63) is 247 Å². The largest absolute Gasteiger partial charge is 0.333 e. The molecule has 6 aromatic carbocycles. The summed E-state index contributed by atoms with van der Waals surface area (Å²) in [6.45, 7) is 0. The second-order valence-electron chi connectivity index (χ2n) is 16.9. The zero-order valence-electron chi connectivity index (χ0n) is 34.2. The Hall–Kier alpha value is -7.56. The van der Waals surface area contributed by atoms with Crippen LogP contribution in [-0.2, 0) is 0 Å². The van der Waals surface area contributed by atoms with Crippen LogP contribution in [0.25, 0.3) is 44.5 Å². The Balaban J connectivity index is 0.811. The number of hydrogen-bond donors (Lipinski definition) is 0. The maximum Gasteiger partial charge on any atom is 0.230 e. The molecule has 1 saturated heterocycles. The lowest BCUT2D eigenvalue weighted by Crippen LogP contribution is -2.32. The second-order valence-corrected chi connectivity index (χ2v) is 16.9. The Morgan fingerprint density at radius 3 is 1.77 bits per heavy atom. The predicted octanol–water partition coefficient (Wildman–Crippen LogP) is 13.7. The van der Waals surface area contributed by atoms with Gasteiger partial charge in [0.05, 0.1) is 12.1 Å². The minimum absolute atomic E-state index is 0.126. The van der Waals surface area contributed by atoms with Gasteiger partial charge in [-0.3, -0.25) is 0 Å². The molecule has 4 nitrogen and oxygen atoms in total. The van der Waals surface area contributed by atoms with E-state index in [2.05, 4.69) is 222 Å². The van der Waals surface area contributed by atoms with Crippen LogP contribution in [0.4, 0.5) is 17.3 Å². The number of nitrogens with zero attached hydrogens (tertiary/aromatic N) is 4. The van der Waals surface area contributed by atoms with Crippen LogP contribution in [0.2, 0.25) is 0 Å². The summed E-state index contributed by atoms with van der Waals surface area (Å²) in [5.41, 5.74) is 17.3. The van der Waals surface area contributed by atoms with E-state index in [-0.39, 0.29) is 23.9 Å². The molecule has 1 fully saturated rings. The molecule has 3 aliphatic carbocycles. The van der Waals surface area contributed by atoms with Gasteiger partial charge in [0.15, 0.2) is 0 Å². The van der Waals surface area contributed by atoms with Gasteiger partial charge in [-0.2, -0.15) is 0 Å². The minimum atomic E-state index is 0.126. The smallest absolute Gasteiger partial charge is 0.230 e. The first-order valence-corrected chi connectivity index (χ1v) is 21.8. The number of benzene rings is 6. The third-order valence-corrected chi connectivity index (χ3v) is 13.4. The molecule has 62 heavy (non-hydrogen) atoms. The molecular formula is C58H44N4. The van der Waals surface area contributed by atoms with E-state index < -0.39 is 0 Å². The van der Waals surface area contributed by atoms with E-state index in [9.17, 15) is 0 Å². The fourth-order valence-corrected chi connectivity index (χ4v) is 10.4. The normalized spacial score (nSPS) is 21.7. The third-order valence-electron chi connectivity index (χ3n) is 13.4. The standard InChI is InChI=1S/C58H44N4/c1-3-13-39(14-4-1)41-23-25-43(26-24-41)48-17-7-8-18-49(48)46-37-59-58(60-38-46)62-55-22-12-10-20-51(55)53-36-45(30-34-57(53)62)44-29-33-56-52(35-44)50-19-9-11-21-54(50)61(56)47-31-27-42(28-32-47)40-15-5-2-6-16-40/h1-29,31-38,45,51-52,55-56H,30H2. The van der Waals surface area contributed by atoms with Gasteiger partial charge >= 0.3 is 0 Å². The molecule has 4 heteroatoms. The molecule has 3 heterocycles. The molecule has 5 atom stereocenters. The van der Waals surface area contributed by atoms with Crippen LogP contribution < -0.4 is 9.80 Å². The molecule has 0 saturated carbocycles. The van der Waals surface area contributed by atoms with E-state index >= 15 is 0 Å². The van der Waals surface area contributed by atoms with Crippen LogP contribution in [0.1, 0.15) is 17.9 Å². The summed E-state index contributed by atoms with van der Waals surface area (Å²) >= 11 is 0. The number of hydrogen-bond acceptors (Lipinski definition) is 4. The minimum Gasteiger partial charge on any atom is -0.333 e. The molecule has 0 N–H and O–H groups in total. The van der Waals surface area contributed by atoms with Gasteiger partial charge < -0.3 is 9.80 Å². The van der Waals surface area contributed by atoms with Crippen LogP contribution in [0.15, 0.2) is 242 Å². The van der Waals surface area contributed by atoms with Gasteiger partial charge in [-0.05, 0) is 80.3 Å². The monoisotopic (exact) mass is 796 g/mol. The van der Waals surface area contributed by atoms with Crippen LogP contribution >= 0.6 is 0 Å². The number of fused-ring (bicyclic) bond motifs is 6. The Kier molecular flexibility index (Phi) is 8.88. The Bertz CT molecular complexity index is 2990. The first-order chi connectivity index (χ1) is 30.7. The Morgan fingerprint density at radius 1 is 0.468 bits per heavy atom. The second kappa shape index (κ2) is 15.2. The van der Waals surface area contributed by atoms with Gasteiger partial charge in [0.1, 0.15) is 0 Å². The Labute approximate surface area is 363 Å². The van der Waals surface area contributed by atoms with Crippen molar-refractivity contribution in [2.75, 3.05) is 9.80 Å². The highest BCUT2D eigenvalue weighted by molar-refractivity contribution is 5.84. The zero-order valence-corrected chi connectivity index (χ0v) is 34.2. The molecule has 0 amide bonds. The van der Waals surface area contributed by atoms with Crippen LogP contribution in [0.5, 0.6) is 0 Å². The summed E-state index contributed by atoms with van der Waals surface area (Å²) in [6.07, 6.45) is 26.3. The van der Waals surface area contributed by atoms with Crippen LogP contribution in [0, 0.1) is 11.8 Å². The summed E-state index contributed by atoms with van der Waals surface area (Å²) in [5, 5.41) is 0. The summed E-state index contributed by atoms with van der Waals surface area (Å²) in [7, 11) is 0. The first kappa shape index (κ1) is 36.3. The first-order valence-electron chi connectivity index (χ1n) is 21.8. The zero-order chi connectivity index (χ0) is 41.0. The highest BCUT2D eigenvalue weighted by atomic mass is 15.3. The number of aromatic nitrogens is 2. The summed E-state index contributed by atoms with van der Waals surface area (Å²) in [5.74, 6) is 1.54. The van der Waals surface area contributed by atoms with Gasteiger partial charge in [-0.15, -0.1) is 0 Å². The van der Waals surface area contributed by atoms with E-state index in [1.54, 1.807) is 0 Å². The molecule has 7 aromatic rings. The van der Waals surface area contributed by atoms with Crippen LogP contribution in [-0.4, -0.2) is 22.1 Å². The van der Waals surface area contributed by atoms with E-state index in [4.69, 9.17) is 9.97 Å². The highest BCUT2D eigenvalue weighted by Crippen LogP contribution is 2.51. The van der Waals surface area contributed by atoms with Gasteiger partial charge in [0, 0.05) is 52.8 Å². The van der Waals surface area contributed by atoms with Crippen molar-refractivity contribution >= 4 is 17.3 Å². The SMILES string of the molecule is C1=CC2C3=CC(C4=CC5c6ccccc6N(c6ccc(-c7ccccc7)cc6)C5C=C4)CC=C3N(c3ncc(-c4ccccc4-c4ccc(-c5ccccc5)cc4)cn3)C2C=C1. The predicted molar refractivity (Wildman–Crippen MR) is 255 cm³/mol. The van der Waals surface area contributed by atoms with Gasteiger partial charge in [0.2, 0.25) is 5.95 Å². The topological polar surface area (TPSA) is 32.3 Å². The summed E-state index contributed by atoms with van der Waals surface area (Å²) < 4.78 is 0. The maximum absolute atomic E-state index is 5.09. The number of anilines is 3. The molecule has 2 aliphatic heterocycles. The lowest BCUT2D eigenvalue weighted by molar-refractivity contribution is 0.679. The lowest BCUT2D eigenvalue weighted by Gasteiger charge is -2.31. The molecule has 12 rings (SSSR count). The maximum atomic E-state index is 5.09. The highest BCUT2D eigenvalue weighted by Gasteiger charge is 2.44. The van der Waals surface area contributed by atoms with Gasteiger partial charge in [-0.25, -0.2) is 9.97 Å². The van der Waals surface area contributed by atoms with Crippen molar-refractivity contribution in [1.82, 2.24) is 9.97 Å². The Morgan fingerprint density at radius 2 is 1.05 bits per heavy atom. The van der Waals surface area contributed by atoms with Crippen molar-refractivity contribution in [1.29, 1.82) is 0 Å². The average molecular weight is 797 g/mol. The van der Waals surface area contributed by atoms with Crippen molar-refractivity contribution in [3.63, 3.8) is 0 Å². The summed E-state index contributed by atoms with van der Waals surface area (Å²) in [6, 6.07) is 56.9. The van der Waals surface area contributed by atoms with Crippen molar-refractivity contribution in [3.8, 4) is 44.5 Å². The van der Waals surface area contributed by atoms with Crippen LogP contribution in [0.3, 0.4) is 0 Å². The van der Waals surface area contributed by atoms with E-state index in [1.807, 2.05) is 12.4 Å². The van der Waals surface area contributed by atoms with Crippen molar-refractivity contribution in [2.24, 2.45) is 11.8 Å².